The Bertz CT molecular complexity index is 1320. The quantitative estimate of drug-likeness (QED) is 0.370. The highest BCUT2D eigenvalue weighted by molar-refractivity contribution is 7.97. The highest BCUT2D eigenvalue weighted by Crippen LogP contribution is 2.19. The number of thioether (sulfide) groups is 1. The predicted molar refractivity (Wildman–Crippen MR) is 134 cm³/mol. The van der Waals surface area contributed by atoms with Gasteiger partial charge in [0.15, 0.2) is 5.69 Å². The zero-order valence-electron chi connectivity index (χ0n) is 19.7. The zero-order valence-corrected chi connectivity index (χ0v) is 20.5. The number of aromatic nitrogens is 6. The van der Waals surface area contributed by atoms with E-state index in [1.165, 1.54) is 0 Å². The van der Waals surface area contributed by atoms with E-state index in [1.807, 2.05) is 50.4 Å². The first kappa shape index (κ1) is 24.1. The van der Waals surface area contributed by atoms with Gasteiger partial charge in [0.25, 0.3) is 11.8 Å². The Morgan fingerprint density at radius 3 is 2.37 bits per heavy atom. The maximum absolute atomic E-state index is 13.0. The Morgan fingerprint density at radius 1 is 0.943 bits per heavy atom. The van der Waals surface area contributed by atoms with Crippen molar-refractivity contribution in [3.63, 3.8) is 0 Å². The summed E-state index contributed by atoms with van der Waals surface area (Å²) in [6.07, 6.45) is 1.95. The van der Waals surface area contributed by atoms with Gasteiger partial charge in [-0.15, -0.1) is 5.10 Å². The van der Waals surface area contributed by atoms with Crippen LogP contribution in [0, 0.1) is 6.92 Å². The third-order valence-corrected chi connectivity index (χ3v) is 5.81. The van der Waals surface area contributed by atoms with Gasteiger partial charge in [0.1, 0.15) is 5.69 Å². The number of hydrogen-bond donors (Lipinski definition) is 2. The zero-order chi connectivity index (χ0) is 24.8. The molecule has 35 heavy (non-hydrogen) atoms. The Kier molecular flexibility index (Phi) is 7.56. The third-order valence-electron chi connectivity index (χ3n) is 5.25. The number of amides is 2. The summed E-state index contributed by atoms with van der Waals surface area (Å²) in [5, 5.41) is 23.0. The first-order chi connectivity index (χ1) is 17.0. The lowest BCUT2D eigenvalue weighted by Crippen LogP contribution is -2.25. The predicted octanol–water partition coefficient (Wildman–Crippen LogP) is 2.70. The first-order valence-corrected chi connectivity index (χ1v) is 12.5. The van der Waals surface area contributed by atoms with Crippen molar-refractivity contribution in [2.75, 3.05) is 12.8 Å². The van der Waals surface area contributed by atoms with Gasteiger partial charge in [0.2, 0.25) is 0 Å². The maximum Gasteiger partial charge on any atom is 0.274 e. The summed E-state index contributed by atoms with van der Waals surface area (Å²) in [6.45, 7) is 4.50. The summed E-state index contributed by atoms with van der Waals surface area (Å²) in [6, 6.07) is 16.6. The van der Waals surface area contributed by atoms with E-state index in [0.29, 0.717) is 29.2 Å². The highest BCUT2D eigenvalue weighted by atomic mass is 32.2. The molecular weight excluding hydrogens is 464 g/mol. The van der Waals surface area contributed by atoms with E-state index in [0.717, 1.165) is 17.1 Å². The van der Waals surface area contributed by atoms with E-state index < -0.39 is 0 Å². The number of rotatable bonds is 9. The van der Waals surface area contributed by atoms with Crippen molar-refractivity contribution >= 4 is 23.6 Å². The molecule has 0 aliphatic rings. The molecule has 2 amide bonds. The van der Waals surface area contributed by atoms with Crippen LogP contribution in [0.1, 0.15) is 44.9 Å². The van der Waals surface area contributed by atoms with Crippen LogP contribution < -0.4 is 10.6 Å². The normalized spacial score (nSPS) is 10.8. The monoisotopic (exact) mass is 490 g/mol. The smallest absolute Gasteiger partial charge is 0.274 e. The molecule has 2 aromatic carbocycles. The average Bonchev–Trinajstić information content (AvgIpc) is 3.47. The molecule has 10 nitrogen and oxygen atoms in total. The molecule has 0 aliphatic carbocycles. The van der Waals surface area contributed by atoms with Crippen molar-refractivity contribution < 1.29 is 9.59 Å². The molecule has 2 aromatic heterocycles. The lowest BCUT2D eigenvalue weighted by molar-refractivity contribution is 0.0940. The Hall–Kier alpha value is -3.99. The summed E-state index contributed by atoms with van der Waals surface area (Å²) in [5.41, 5.74) is 4.44. The number of carbonyl (C=O) groups is 2. The van der Waals surface area contributed by atoms with Gasteiger partial charge in [-0.3, -0.25) is 9.59 Å². The lowest BCUT2D eigenvalue weighted by Gasteiger charge is -2.08. The first-order valence-electron chi connectivity index (χ1n) is 11.1. The average molecular weight is 491 g/mol. The third kappa shape index (κ3) is 5.40. The summed E-state index contributed by atoms with van der Waals surface area (Å²) in [7, 11) is 0. The minimum atomic E-state index is -0.340. The van der Waals surface area contributed by atoms with Gasteiger partial charge >= 0.3 is 0 Å². The van der Waals surface area contributed by atoms with Crippen molar-refractivity contribution in [2.45, 2.75) is 26.1 Å². The number of benzene rings is 2. The van der Waals surface area contributed by atoms with Gasteiger partial charge in [0.05, 0.1) is 29.3 Å². The molecule has 0 bridgehead atoms. The van der Waals surface area contributed by atoms with Crippen molar-refractivity contribution in [3.05, 3.63) is 82.9 Å². The molecule has 4 rings (SSSR count). The summed E-state index contributed by atoms with van der Waals surface area (Å²) in [4.78, 5) is 26.6. The highest BCUT2D eigenvalue weighted by Gasteiger charge is 2.21. The van der Waals surface area contributed by atoms with Gasteiger partial charge in [0, 0.05) is 17.9 Å². The molecule has 180 valence electrons. The van der Waals surface area contributed by atoms with Crippen LogP contribution in [0.5, 0.6) is 0 Å². The molecule has 0 aliphatic heterocycles. The molecule has 11 heteroatoms. The molecule has 0 saturated heterocycles. The van der Waals surface area contributed by atoms with E-state index in [-0.39, 0.29) is 24.1 Å². The van der Waals surface area contributed by atoms with Crippen LogP contribution in [-0.4, -0.2) is 54.6 Å². The van der Waals surface area contributed by atoms with Gasteiger partial charge in [-0.2, -0.15) is 26.8 Å². The fourth-order valence-electron chi connectivity index (χ4n) is 3.46. The van der Waals surface area contributed by atoms with Crippen LogP contribution in [0.15, 0.2) is 54.6 Å². The van der Waals surface area contributed by atoms with Crippen LogP contribution in [0.25, 0.3) is 11.4 Å². The van der Waals surface area contributed by atoms with Gasteiger partial charge < -0.3 is 10.6 Å². The Morgan fingerprint density at radius 2 is 1.69 bits per heavy atom. The van der Waals surface area contributed by atoms with Crippen LogP contribution >= 0.6 is 11.8 Å². The number of nitrogens with one attached hydrogen (secondary N) is 2. The molecular formula is C24H26N8O2S. The van der Waals surface area contributed by atoms with E-state index >= 15 is 0 Å². The molecule has 0 spiro atoms. The molecule has 0 unspecified atom stereocenters. The van der Waals surface area contributed by atoms with Crippen LogP contribution in [0.4, 0.5) is 0 Å². The minimum Gasteiger partial charge on any atom is -0.352 e. The van der Waals surface area contributed by atoms with Crippen LogP contribution in [0.2, 0.25) is 0 Å². The molecule has 0 saturated carbocycles. The number of carbonyl (C=O) groups excluding carboxylic acids is 2. The SMILES string of the molecule is CCNC(=O)c1ccc(-n2nnc(C(=O)NCc3nn(-c4ccccc4)nc3C)c2CSC)cc1. The van der Waals surface area contributed by atoms with Crippen molar-refractivity contribution in [3.8, 4) is 11.4 Å². The molecule has 0 fully saturated rings. The fourth-order valence-corrected chi connectivity index (χ4v) is 4.00. The van der Waals surface area contributed by atoms with Gasteiger partial charge in [-0.05, 0) is 56.5 Å². The molecule has 2 heterocycles. The largest absolute Gasteiger partial charge is 0.352 e. The lowest BCUT2D eigenvalue weighted by atomic mass is 10.2. The van der Waals surface area contributed by atoms with E-state index in [2.05, 4.69) is 31.1 Å². The van der Waals surface area contributed by atoms with E-state index in [4.69, 9.17) is 0 Å². The topological polar surface area (TPSA) is 120 Å². The number of nitrogens with zero attached hydrogens (tertiary/aromatic N) is 6. The molecule has 2 N–H and O–H groups in total. The van der Waals surface area contributed by atoms with Gasteiger partial charge in [-0.25, -0.2) is 4.68 Å². The second kappa shape index (κ2) is 11.0. The number of para-hydroxylation sites is 1. The van der Waals surface area contributed by atoms with Crippen molar-refractivity contribution in [1.29, 1.82) is 0 Å². The summed E-state index contributed by atoms with van der Waals surface area (Å²) in [5.74, 6) is 0.0614. The van der Waals surface area contributed by atoms with Crippen molar-refractivity contribution in [1.82, 2.24) is 40.6 Å². The van der Waals surface area contributed by atoms with Crippen LogP contribution in [-0.2, 0) is 12.3 Å². The molecule has 4 aromatic rings. The minimum absolute atomic E-state index is 0.137. The standard InChI is InChI=1S/C24H26N8O2S/c1-4-25-23(33)17-10-12-18(13-11-17)31-21(15-35-3)22(27-30-31)24(34)26-14-20-16(2)28-32(29-20)19-8-6-5-7-9-19/h5-13H,4,14-15H2,1-3H3,(H,25,33)(H,26,34). The summed E-state index contributed by atoms with van der Waals surface area (Å²) >= 11 is 1.56. The molecule has 0 radical (unpaired) electrons. The second-order valence-corrected chi connectivity index (χ2v) is 8.54. The number of hydrogen-bond acceptors (Lipinski definition) is 7. The van der Waals surface area contributed by atoms with Gasteiger partial charge in [-0.1, -0.05) is 23.4 Å². The fraction of sp³-hybridized carbons (Fsp3) is 0.250. The van der Waals surface area contributed by atoms with E-state index in [9.17, 15) is 9.59 Å². The van der Waals surface area contributed by atoms with Crippen molar-refractivity contribution in [2.24, 2.45) is 0 Å². The Labute approximate surface area is 207 Å². The van der Waals surface area contributed by atoms with Crippen LogP contribution in [0.3, 0.4) is 0 Å². The maximum atomic E-state index is 13.0. The second-order valence-electron chi connectivity index (χ2n) is 7.68. The number of aryl methyl sites for hydroxylation is 1. The molecule has 0 atom stereocenters. The summed E-state index contributed by atoms with van der Waals surface area (Å²) < 4.78 is 1.63. The Balaban J connectivity index is 1.51. The van der Waals surface area contributed by atoms with E-state index in [1.54, 1.807) is 45.5 Å².